The third-order valence-electron chi connectivity index (χ3n) is 23.4. The zero-order valence-corrected chi connectivity index (χ0v) is 60.9. The van der Waals surface area contributed by atoms with Gasteiger partial charge in [-0.3, -0.25) is 9.97 Å². The molecule has 512 valence electrons. The van der Waals surface area contributed by atoms with Crippen LogP contribution < -0.4 is 0 Å². The number of nitrogens with zero attached hydrogens (tertiary/aromatic N) is 6. The van der Waals surface area contributed by atoms with Crippen molar-refractivity contribution < 1.29 is 0 Å². The van der Waals surface area contributed by atoms with Gasteiger partial charge in [0.1, 0.15) is 0 Å². The van der Waals surface area contributed by atoms with E-state index in [0.29, 0.717) is 11.6 Å². The van der Waals surface area contributed by atoms with Crippen LogP contribution in [0, 0.1) is 34.6 Å². The molecule has 2 spiro atoms. The first-order chi connectivity index (χ1) is 53.5. The number of aromatic nitrogens is 6. The van der Waals surface area contributed by atoms with Gasteiger partial charge in [0.15, 0.2) is 11.6 Å². The van der Waals surface area contributed by atoms with Crippen molar-refractivity contribution in [1.29, 1.82) is 0 Å². The summed E-state index contributed by atoms with van der Waals surface area (Å²) in [4.78, 5) is 30.9. The van der Waals surface area contributed by atoms with E-state index in [-0.39, 0.29) is 0 Å². The van der Waals surface area contributed by atoms with Gasteiger partial charge in [0.25, 0.3) is 0 Å². The molecule has 0 saturated heterocycles. The largest absolute Gasteiger partial charge is 0.256 e. The fourth-order valence-electron chi connectivity index (χ4n) is 18.7. The molecule has 2 unspecified atom stereocenters. The smallest absolute Gasteiger partial charge is 0.160 e. The average molecular weight is 1390 g/mol. The molecule has 6 heteroatoms. The van der Waals surface area contributed by atoms with E-state index in [9.17, 15) is 0 Å². The molecule has 0 bridgehead atoms. The summed E-state index contributed by atoms with van der Waals surface area (Å²) in [5, 5.41) is 0. The Labute approximate surface area is 634 Å². The molecule has 4 aromatic heterocycles. The van der Waals surface area contributed by atoms with Gasteiger partial charge in [0.2, 0.25) is 0 Å². The molecule has 4 aliphatic rings. The Bertz CT molecular complexity index is 6690. The van der Waals surface area contributed by atoms with E-state index in [1.807, 2.05) is 18.5 Å². The monoisotopic (exact) mass is 1390 g/mol. The topological polar surface area (TPSA) is 77.3 Å². The van der Waals surface area contributed by atoms with Crippen molar-refractivity contribution in [2.24, 2.45) is 0 Å². The van der Waals surface area contributed by atoms with Crippen molar-refractivity contribution in [1.82, 2.24) is 29.9 Å². The molecule has 17 aromatic rings. The zero-order valence-electron chi connectivity index (χ0n) is 60.9. The number of fused-ring (bicyclic) bond motifs is 20. The van der Waals surface area contributed by atoms with E-state index in [0.717, 1.165) is 118 Å². The summed E-state index contributed by atoms with van der Waals surface area (Å²) in [6, 6.07) is 118. The van der Waals surface area contributed by atoms with Gasteiger partial charge in [0, 0.05) is 62.7 Å². The third-order valence-corrected chi connectivity index (χ3v) is 23.4. The fraction of sp³-hybridized carbons (Fsp3) is 0.0680. The van der Waals surface area contributed by atoms with E-state index in [4.69, 9.17) is 29.9 Å². The standard InChI is InChI=1S/C103H70N6/c1-61-48-63(3)99(105-59-61)76-41-45-93-84(56-76)80-29-10-14-33-89(80)103(93)91-35-16-12-31-82(91)86-58-78(43-47-95(86)103)101-107-65(5)51-98(109-101)75-27-19-26-73(54-75)72-25-18-24-71(53-72)70-23-17-22-69(52-70)66-36-38-68(39-37-66)97-50-64(4)106-100(108-97)77-42-46-94-85(57-77)81-30-11-15-34-90(81)102(94)88-32-13-9-28-79(88)83-55-74(40-44-92(83)102)87-60-104-96(49-62(87)2)67-20-7-6-8-21-67/h6-60H,1-5H3. The van der Waals surface area contributed by atoms with Crippen LogP contribution in [-0.2, 0) is 10.8 Å². The minimum atomic E-state index is -0.499. The highest BCUT2D eigenvalue weighted by Gasteiger charge is 2.53. The van der Waals surface area contributed by atoms with Gasteiger partial charge in [-0.2, -0.15) is 0 Å². The van der Waals surface area contributed by atoms with Crippen LogP contribution in [0.3, 0.4) is 0 Å². The minimum Gasteiger partial charge on any atom is -0.256 e. The number of aryl methyl sites for hydroxylation is 5. The first kappa shape index (κ1) is 63.8. The lowest BCUT2D eigenvalue weighted by molar-refractivity contribution is 0.794. The van der Waals surface area contributed by atoms with Crippen LogP contribution in [-0.4, -0.2) is 29.9 Å². The highest BCUT2D eigenvalue weighted by Crippen LogP contribution is 2.65. The van der Waals surface area contributed by atoms with E-state index in [1.54, 1.807) is 0 Å². The number of benzene rings is 13. The highest BCUT2D eigenvalue weighted by atomic mass is 14.9. The Morgan fingerprint density at radius 2 is 0.560 bits per heavy atom. The summed E-state index contributed by atoms with van der Waals surface area (Å²) in [5.74, 6) is 1.41. The number of hydrogen-bond acceptors (Lipinski definition) is 6. The first-order valence-corrected chi connectivity index (χ1v) is 37.6. The van der Waals surface area contributed by atoms with E-state index in [2.05, 4.69) is 350 Å². The Morgan fingerprint density at radius 3 is 1.04 bits per heavy atom. The van der Waals surface area contributed by atoms with Crippen LogP contribution in [0.25, 0.3) is 157 Å². The Kier molecular flexibility index (Phi) is 14.5. The summed E-state index contributed by atoms with van der Waals surface area (Å²) in [7, 11) is 0. The lowest BCUT2D eigenvalue weighted by Crippen LogP contribution is -2.25. The predicted octanol–water partition coefficient (Wildman–Crippen LogP) is 25.0. The molecular weight excluding hydrogens is 1320 g/mol. The summed E-state index contributed by atoms with van der Waals surface area (Å²) in [6.07, 6.45) is 4.02. The number of hydrogen-bond donors (Lipinski definition) is 0. The molecule has 4 aliphatic carbocycles. The summed E-state index contributed by atoms with van der Waals surface area (Å²) in [6.45, 7) is 10.6. The molecule has 0 aliphatic heterocycles. The van der Waals surface area contributed by atoms with Crippen LogP contribution in [0.1, 0.15) is 72.6 Å². The van der Waals surface area contributed by atoms with Crippen LogP contribution in [0.15, 0.2) is 334 Å². The normalized spacial score (nSPS) is 14.9. The summed E-state index contributed by atoms with van der Waals surface area (Å²) >= 11 is 0. The molecule has 6 nitrogen and oxygen atoms in total. The Balaban J connectivity index is 0.550. The quantitative estimate of drug-likeness (QED) is 0.136. The van der Waals surface area contributed by atoms with Crippen molar-refractivity contribution in [2.75, 3.05) is 0 Å². The van der Waals surface area contributed by atoms with E-state index >= 15 is 0 Å². The highest BCUT2D eigenvalue weighted by molar-refractivity contribution is 5.99. The lowest BCUT2D eigenvalue weighted by atomic mass is 9.70. The molecule has 0 radical (unpaired) electrons. The maximum absolute atomic E-state index is 5.38. The van der Waals surface area contributed by atoms with Crippen molar-refractivity contribution in [2.45, 2.75) is 45.4 Å². The zero-order chi connectivity index (χ0) is 72.8. The lowest BCUT2D eigenvalue weighted by Gasteiger charge is -2.30. The van der Waals surface area contributed by atoms with Gasteiger partial charge < -0.3 is 0 Å². The van der Waals surface area contributed by atoms with Crippen molar-refractivity contribution in [3.63, 3.8) is 0 Å². The molecular formula is C103H70N6. The molecule has 4 heterocycles. The Hall–Kier alpha value is -13.7. The fourth-order valence-corrected chi connectivity index (χ4v) is 18.7. The number of rotatable bonds is 10. The van der Waals surface area contributed by atoms with Crippen LogP contribution in [0.5, 0.6) is 0 Å². The SMILES string of the molecule is Cc1cnc(-c2ccc3c(c2)-c2ccccc2C32c3ccccc3-c3cc(-c4nc(C)cc(-c5cccc(-c6cccc(-c7cccc(-c8ccc(-c9cc(C)nc(-c%10ccc%11c(c%10)-c%10ccccc%10C%11%10c%11ccccc%11-c%11cc(-c%12cnc(-c%13ccccc%13)cc%12C)ccc%11%10)n9)cc8)c7)c6)c5)n4)ccc32)c(C)c1. The number of pyridine rings is 2. The molecule has 0 fully saturated rings. The maximum atomic E-state index is 5.38. The van der Waals surface area contributed by atoms with Gasteiger partial charge >= 0.3 is 0 Å². The predicted molar refractivity (Wildman–Crippen MR) is 444 cm³/mol. The van der Waals surface area contributed by atoms with Crippen molar-refractivity contribution in [3.8, 4) is 157 Å². The van der Waals surface area contributed by atoms with Crippen LogP contribution in [0.4, 0.5) is 0 Å². The van der Waals surface area contributed by atoms with Gasteiger partial charge in [0.05, 0.1) is 33.6 Å². The molecule has 0 amide bonds. The molecule has 0 saturated carbocycles. The van der Waals surface area contributed by atoms with Crippen molar-refractivity contribution >= 4 is 0 Å². The minimum absolute atomic E-state index is 0.486. The third kappa shape index (κ3) is 9.94. The maximum Gasteiger partial charge on any atom is 0.160 e. The second kappa shape index (κ2) is 24.7. The van der Waals surface area contributed by atoms with E-state index in [1.165, 1.54) is 100 Å². The molecule has 2 atom stereocenters. The summed E-state index contributed by atoms with van der Waals surface area (Å²) in [5.41, 5.74) is 43.7. The van der Waals surface area contributed by atoms with E-state index < -0.39 is 10.8 Å². The van der Waals surface area contributed by atoms with Crippen LogP contribution >= 0.6 is 0 Å². The summed E-state index contributed by atoms with van der Waals surface area (Å²) < 4.78 is 0. The molecule has 0 N–H and O–H groups in total. The van der Waals surface area contributed by atoms with Crippen LogP contribution in [0.2, 0.25) is 0 Å². The molecule has 13 aromatic carbocycles. The molecule has 21 rings (SSSR count). The van der Waals surface area contributed by atoms with Crippen molar-refractivity contribution in [3.05, 3.63) is 406 Å². The van der Waals surface area contributed by atoms with Gasteiger partial charge in [-0.05, 0) is 240 Å². The second-order valence-electron chi connectivity index (χ2n) is 29.9. The first-order valence-electron chi connectivity index (χ1n) is 37.6. The van der Waals surface area contributed by atoms with Gasteiger partial charge in [-0.15, -0.1) is 0 Å². The Morgan fingerprint density at radius 1 is 0.202 bits per heavy atom. The molecule has 109 heavy (non-hydrogen) atoms. The van der Waals surface area contributed by atoms with Gasteiger partial charge in [-0.25, -0.2) is 19.9 Å². The second-order valence-corrected chi connectivity index (χ2v) is 29.9. The average Bonchev–Trinajstić information content (AvgIpc) is 1.51. The van der Waals surface area contributed by atoms with Gasteiger partial charge in [-0.1, -0.05) is 261 Å².